The predicted molar refractivity (Wildman–Crippen MR) is 57.3 cm³/mol. The molecule has 0 amide bonds. The molecule has 5 heteroatoms. The Morgan fingerprint density at radius 3 is 1.77 bits per heavy atom. The highest BCUT2D eigenvalue weighted by molar-refractivity contribution is 9.10. The first-order valence-electron chi connectivity index (χ1n) is 3.37. The number of hydrogen-bond donors (Lipinski definition) is 0. The molecule has 0 aliphatic heterocycles. The largest absolute Gasteiger partial charge is 0.494 e. The first-order valence-corrected chi connectivity index (χ1v) is 4.92. The lowest BCUT2D eigenvalue weighted by Crippen LogP contribution is -1.91. The van der Waals surface area contributed by atoms with Gasteiger partial charge in [-0.15, -0.1) is 0 Å². The van der Waals surface area contributed by atoms with Crippen molar-refractivity contribution in [3.63, 3.8) is 0 Å². The molecule has 0 heterocycles. The van der Waals surface area contributed by atoms with Crippen molar-refractivity contribution in [1.82, 2.24) is 0 Å². The normalized spacial score (nSPS) is 9.92. The Morgan fingerprint density at radius 2 is 1.46 bits per heavy atom. The Labute approximate surface area is 94.9 Å². The molecule has 0 spiro atoms. The second-order valence-electron chi connectivity index (χ2n) is 2.22. The SMILES string of the molecule is COc1c(Cl)cc(Cl)c(OC)c1Br. The molecule has 0 aromatic heterocycles. The van der Waals surface area contributed by atoms with E-state index in [9.17, 15) is 0 Å². The summed E-state index contributed by atoms with van der Waals surface area (Å²) in [5.74, 6) is 1.03. The maximum atomic E-state index is 5.87. The van der Waals surface area contributed by atoms with Gasteiger partial charge in [0.2, 0.25) is 0 Å². The molecule has 0 saturated heterocycles. The number of hydrogen-bond acceptors (Lipinski definition) is 2. The predicted octanol–water partition coefficient (Wildman–Crippen LogP) is 3.77. The zero-order valence-corrected chi connectivity index (χ0v) is 10.1. The van der Waals surface area contributed by atoms with Crippen LogP contribution in [0, 0.1) is 0 Å². The smallest absolute Gasteiger partial charge is 0.155 e. The van der Waals surface area contributed by atoms with Gasteiger partial charge in [-0.25, -0.2) is 0 Å². The molecule has 0 bridgehead atoms. The molecule has 13 heavy (non-hydrogen) atoms. The number of halogens is 3. The van der Waals surface area contributed by atoms with E-state index >= 15 is 0 Å². The second-order valence-corrected chi connectivity index (χ2v) is 3.83. The third kappa shape index (κ3) is 2.03. The molecule has 1 aromatic rings. The van der Waals surface area contributed by atoms with Crippen LogP contribution in [-0.4, -0.2) is 14.2 Å². The van der Waals surface area contributed by atoms with Gasteiger partial charge in [0.1, 0.15) is 4.47 Å². The first-order chi connectivity index (χ1) is 6.11. The summed E-state index contributed by atoms with van der Waals surface area (Å²) in [5, 5.41) is 0.889. The van der Waals surface area contributed by atoms with E-state index in [4.69, 9.17) is 32.7 Å². The van der Waals surface area contributed by atoms with Crippen molar-refractivity contribution in [3.05, 3.63) is 20.6 Å². The van der Waals surface area contributed by atoms with E-state index in [1.54, 1.807) is 6.07 Å². The average molecular weight is 286 g/mol. The van der Waals surface area contributed by atoms with Crippen LogP contribution in [0.15, 0.2) is 10.5 Å². The van der Waals surface area contributed by atoms with Crippen molar-refractivity contribution in [1.29, 1.82) is 0 Å². The monoisotopic (exact) mass is 284 g/mol. The molecule has 0 radical (unpaired) electrons. The van der Waals surface area contributed by atoms with E-state index in [2.05, 4.69) is 15.9 Å². The molecule has 72 valence electrons. The molecule has 1 rings (SSSR count). The van der Waals surface area contributed by atoms with Gasteiger partial charge in [-0.1, -0.05) is 23.2 Å². The molecule has 0 aliphatic carbocycles. The Hall–Kier alpha value is -0.120. The van der Waals surface area contributed by atoms with Gasteiger partial charge >= 0.3 is 0 Å². The van der Waals surface area contributed by atoms with Crippen molar-refractivity contribution in [2.24, 2.45) is 0 Å². The van der Waals surface area contributed by atoms with Crippen LogP contribution >= 0.6 is 39.1 Å². The van der Waals surface area contributed by atoms with Gasteiger partial charge in [0, 0.05) is 0 Å². The summed E-state index contributed by atoms with van der Waals surface area (Å²) < 4.78 is 10.7. The van der Waals surface area contributed by atoms with Gasteiger partial charge in [0.25, 0.3) is 0 Å². The lowest BCUT2D eigenvalue weighted by Gasteiger charge is -2.11. The minimum atomic E-state index is 0.445. The highest BCUT2D eigenvalue weighted by atomic mass is 79.9. The molecular weight excluding hydrogens is 279 g/mol. The highest BCUT2D eigenvalue weighted by Gasteiger charge is 2.15. The standard InChI is InChI=1S/C8H7BrCl2O2/c1-12-7-4(10)3-5(11)8(13-2)6(7)9/h3H,1-2H3. The average Bonchev–Trinajstić information content (AvgIpc) is 2.04. The quantitative estimate of drug-likeness (QED) is 0.823. The van der Waals surface area contributed by atoms with Crippen LogP contribution in [0.25, 0.3) is 0 Å². The Morgan fingerprint density at radius 1 is 1.08 bits per heavy atom. The minimum Gasteiger partial charge on any atom is -0.494 e. The van der Waals surface area contributed by atoms with Crippen molar-refractivity contribution >= 4 is 39.1 Å². The molecule has 1 aromatic carbocycles. The summed E-state index contributed by atoms with van der Waals surface area (Å²) in [6, 6.07) is 1.57. The van der Waals surface area contributed by atoms with Crippen LogP contribution in [0.4, 0.5) is 0 Å². The van der Waals surface area contributed by atoms with Gasteiger partial charge < -0.3 is 9.47 Å². The van der Waals surface area contributed by atoms with Gasteiger partial charge in [-0.05, 0) is 22.0 Å². The summed E-state index contributed by atoms with van der Waals surface area (Å²) >= 11 is 15.0. The lowest BCUT2D eigenvalue weighted by atomic mass is 10.3. The number of benzene rings is 1. The molecule has 0 aliphatic rings. The molecule has 0 saturated carbocycles. The Bertz CT molecular complexity index is 300. The fraction of sp³-hybridized carbons (Fsp3) is 0.250. The number of rotatable bonds is 2. The van der Waals surface area contributed by atoms with Crippen molar-refractivity contribution in [2.75, 3.05) is 14.2 Å². The van der Waals surface area contributed by atoms with Gasteiger partial charge in [0.05, 0.1) is 24.3 Å². The maximum absolute atomic E-state index is 5.87. The molecule has 0 N–H and O–H groups in total. The second kappa shape index (κ2) is 4.40. The third-order valence-electron chi connectivity index (χ3n) is 1.49. The molecule has 0 fully saturated rings. The Kier molecular flexibility index (Phi) is 3.71. The van der Waals surface area contributed by atoms with Crippen LogP contribution < -0.4 is 9.47 Å². The van der Waals surface area contributed by atoms with Gasteiger partial charge in [-0.2, -0.15) is 0 Å². The third-order valence-corrected chi connectivity index (χ3v) is 2.78. The van der Waals surface area contributed by atoms with Crippen LogP contribution in [0.1, 0.15) is 0 Å². The maximum Gasteiger partial charge on any atom is 0.155 e. The topological polar surface area (TPSA) is 18.5 Å². The van der Waals surface area contributed by atoms with E-state index in [1.807, 2.05) is 0 Å². The minimum absolute atomic E-state index is 0.445. The van der Waals surface area contributed by atoms with Crippen LogP contribution in [0.2, 0.25) is 10.0 Å². The van der Waals surface area contributed by atoms with E-state index in [0.717, 1.165) is 0 Å². The van der Waals surface area contributed by atoms with Crippen molar-refractivity contribution < 1.29 is 9.47 Å². The lowest BCUT2D eigenvalue weighted by molar-refractivity contribution is 0.390. The summed E-state index contributed by atoms with van der Waals surface area (Å²) in [6.45, 7) is 0. The molecular formula is C8H7BrCl2O2. The fourth-order valence-corrected chi connectivity index (χ4v) is 2.53. The summed E-state index contributed by atoms with van der Waals surface area (Å²) in [6.07, 6.45) is 0. The van der Waals surface area contributed by atoms with E-state index in [0.29, 0.717) is 26.0 Å². The first kappa shape index (κ1) is 11.0. The fourth-order valence-electron chi connectivity index (χ4n) is 0.929. The number of methoxy groups -OCH3 is 2. The van der Waals surface area contributed by atoms with Crippen LogP contribution in [0.5, 0.6) is 11.5 Å². The zero-order valence-electron chi connectivity index (χ0n) is 7.03. The molecule has 0 atom stereocenters. The molecule has 2 nitrogen and oxygen atoms in total. The van der Waals surface area contributed by atoms with E-state index in [1.165, 1.54) is 14.2 Å². The Balaban J connectivity index is 3.39. The van der Waals surface area contributed by atoms with Crippen LogP contribution in [-0.2, 0) is 0 Å². The van der Waals surface area contributed by atoms with Gasteiger partial charge in [-0.3, -0.25) is 0 Å². The number of ether oxygens (including phenoxy) is 2. The summed E-state index contributed by atoms with van der Waals surface area (Å²) in [4.78, 5) is 0. The van der Waals surface area contributed by atoms with Crippen LogP contribution in [0.3, 0.4) is 0 Å². The van der Waals surface area contributed by atoms with Crippen molar-refractivity contribution in [3.8, 4) is 11.5 Å². The van der Waals surface area contributed by atoms with E-state index in [-0.39, 0.29) is 0 Å². The van der Waals surface area contributed by atoms with Gasteiger partial charge in [0.15, 0.2) is 11.5 Å². The molecule has 0 unspecified atom stereocenters. The zero-order chi connectivity index (χ0) is 10.0. The summed E-state index contributed by atoms with van der Waals surface area (Å²) in [5.41, 5.74) is 0. The summed E-state index contributed by atoms with van der Waals surface area (Å²) in [7, 11) is 3.05. The van der Waals surface area contributed by atoms with Crippen molar-refractivity contribution in [2.45, 2.75) is 0 Å². The highest BCUT2D eigenvalue weighted by Crippen LogP contribution is 2.44. The van der Waals surface area contributed by atoms with E-state index < -0.39 is 0 Å².